The van der Waals surface area contributed by atoms with E-state index in [0.717, 1.165) is 18.2 Å². The average molecular weight is 262 g/mol. The van der Waals surface area contributed by atoms with E-state index in [0.29, 0.717) is 6.54 Å². The van der Waals surface area contributed by atoms with Crippen molar-refractivity contribution in [2.75, 3.05) is 20.2 Å². The van der Waals surface area contributed by atoms with Crippen LogP contribution in [-0.4, -0.2) is 25.1 Å². The Kier molecular flexibility index (Phi) is 5.23. The highest BCUT2D eigenvalue weighted by atomic mass is 16.5. The van der Waals surface area contributed by atoms with Crippen molar-refractivity contribution >= 4 is 0 Å². The fourth-order valence-electron chi connectivity index (χ4n) is 2.80. The van der Waals surface area contributed by atoms with Crippen LogP contribution in [0.1, 0.15) is 37.3 Å². The topological polar surface area (TPSA) is 38.5 Å². The molecule has 3 nitrogen and oxygen atoms in total. The lowest BCUT2D eigenvalue weighted by atomic mass is 10.0. The molecule has 1 atom stereocenters. The number of hydrogen-bond donors (Lipinski definition) is 1. The number of nitrogens with zero attached hydrogens (tertiary/aromatic N) is 1. The molecule has 0 aromatic heterocycles. The third kappa shape index (κ3) is 3.95. The van der Waals surface area contributed by atoms with E-state index in [2.05, 4.69) is 17.9 Å². The normalized spacial score (nSPS) is 21.1. The van der Waals surface area contributed by atoms with Crippen LogP contribution in [0.3, 0.4) is 0 Å². The maximum absolute atomic E-state index is 5.73. The van der Waals surface area contributed by atoms with Crippen LogP contribution in [0.15, 0.2) is 18.2 Å². The molecule has 1 fully saturated rings. The molecule has 2 rings (SSSR count). The Morgan fingerprint density at radius 1 is 1.32 bits per heavy atom. The van der Waals surface area contributed by atoms with Crippen molar-refractivity contribution in [2.24, 2.45) is 11.7 Å². The third-order valence-corrected chi connectivity index (χ3v) is 4.08. The van der Waals surface area contributed by atoms with E-state index in [1.54, 1.807) is 7.11 Å². The molecule has 0 spiro atoms. The summed E-state index contributed by atoms with van der Waals surface area (Å²) in [5.41, 5.74) is 8.18. The molecule has 1 saturated heterocycles. The summed E-state index contributed by atoms with van der Waals surface area (Å²) in [6, 6.07) is 6.28. The van der Waals surface area contributed by atoms with Gasteiger partial charge in [-0.3, -0.25) is 4.90 Å². The summed E-state index contributed by atoms with van der Waals surface area (Å²) in [6.07, 6.45) is 3.97. The van der Waals surface area contributed by atoms with Crippen LogP contribution >= 0.6 is 0 Å². The highest BCUT2D eigenvalue weighted by Crippen LogP contribution is 2.24. The highest BCUT2D eigenvalue weighted by Gasteiger charge is 2.15. The summed E-state index contributed by atoms with van der Waals surface area (Å²) in [6.45, 7) is 6.31. The second-order valence-corrected chi connectivity index (χ2v) is 5.66. The molecule has 106 valence electrons. The lowest BCUT2D eigenvalue weighted by Gasteiger charge is -2.21. The number of hydrogen-bond acceptors (Lipinski definition) is 3. The molecular formula is C16H26N2O. The van der Waals surface area contributed by atoms with Crippen LogP contribution in [0.25, 0.3) is 0 Å². The summed E-state index contributed by atoms with van der Waals surface area (Å²) in [5.74, 6) is 1.84. The Bertz CT molecular complexity index is 406. The predicted octanol–water partition coefficient (Wildman–Crippen LogP) is 2.78. The first kappa shape index (κ1) is 14.4. The van der Waals surface area contributed by atoms with Gasteiger partial charge < -0.3 is 10.5 Å². The monoisotopic (exact) mass is 262 g/mol. The minimum absolute atomic E-state index is 0.591. The van der Waals surface area contributed by atoms with Crippen LogP contribution in [0, 0.1) is 5.92 Å². The number of benzene rings is 1. The zero-order valence-electron chi connectivity index (χ0n) is 12.2. The van der Waals surface area contributed by atoms with E-state index in [1.807, 2.05) is 12.1 Å². The lowest BCUT2D eigenvalue weighted by molar-refractivity contribution is 0.268. The van der Waals surface area contributed by atoms with Crippen LogP contribution in [0.2, 0.25) is 0 Å². The molecule has 1 aliphatic rings. The van der Waals surface area contributed by atoms with Crippen molar-refractivity contribution in [3.05, 3.63) is 29.3 Å². The number of nitrogens with two attached hydrogens (primary N) is 1. The molecule has 19 heavy (non-hydrogen) atoms. The number of likely N-dealkylation sites (tertiary alicyclic amines) is 1. The van der Waals surface area contributed by atoms with E-state index < -0.39 is 0 Å². The minimum atomic E-state index is 0.591. The van der Waals surface area contributed by atoms with Crippen LogP contribution in [0.5, 0.6) is 5.75 Å². The second kappa shape index (κ2) is 6.92. The molecule has 2 N–H and O–H groups in total. The maximum Gasteiger partial charge on any atom is 0.123 e. The van der Waals surface area contributed by atoms with Gasteiger partial charge in [0.1, 0.15) is 5.75 Å². The van der Waals surface area contributed by atoms with Crippen LogP contribution in [-0.2, 0) is 13.1 Å². The molecular weight excluding hydrogens is 236 g/mol. The predicted molar refractivity (Wildman–Crippen MR) is 79.2 cm³/mol. The van der Waals surface area contributed by atoms with Gasteiger partial charge in [0, 0.05) is 18.7 Å². The third-order valence-electron chi connectivity index (χ3n) is 4.08. The first-order valence-corrected chi connectivity index (χ1v) is 7.31. The van der Waals surface area contributed by atoms with Crippen molar-refractivity contribution in [1.29, 1.82) is 0 Å². The summed E-state index contributed by atoms with van der Waals surface area (Å²) < 4.78 is 5.47. The second-order valence-electron chi connectivity index (χ2n) is 5.66. The Morgan fingerprint density at radius 3 is 2.89 bits per heavy atom. The molecule has 1 aliphatic heterocycles. The SMILES string of the molecule is COc1ccc(CN)cc1CN1CCCC(C)CC1. The van der Waals surface area contributed by atoms with Gasteiger partial charge in [0.25, 0.3) is 0 Å². The molecule has 0 saturated carbocycles. The molecule has 1 aromatic rings. The molecule has 1 aromatic carbocycles. The average Bonchev–Trinajstić information content (AvgIpc) is 2.63. The van der Waals surface area contributed by atoms with Gasteiger partial charge in [-0.2, -0.15) is 0 Å². The van der Waals surface area contributed by atoms with Crippen molar-refractivity contribution in [3.63, 3.8) is 0 Å². The van der Waals surface area contributed by atoms with Gasteiger partial charge in [-0.05, 0) is 56.0 Å². The molecule has 1 unspecified atom stereocenters. The molecule has 0 bridgehead atoms. The van der Waals surface area contributed by atoms with E-state index in [9.17, 15) is 0 Å². The van der Waals surface area contributed by atoms with Crippen LogP contribution < -0.4 is 10.5 Å². The summed E-state index contributed by atoms with van der Waals surface area (Å²) in [5, 5.41) is 0. The van der Waals surface area contributed by atoms with E-state index in [4.69, 9.17) is 10.5 Å². The quantitative estimate of drug-likeness (QED) is 0.907. The molecule has 1 heterocycles. The van der Waals surface area contributed by atoms with Gasteiger partial charge in [-0.15, -0.1) is 0 Å². The molecule has 0 radical (unpaired) electrons. The fraction of sp³-hybridized carbons (Fsp3) is 0.625. The van der Waals surface area contributed by atoms with Crippen molar-refractivity contribution in [3.8, 4) is 5.75 Å². The molecule has 0 amide bonds. The zero-order valence-corrected chi connectivity index (χ0v) is 12.2. The van der Waals surface area contributed by atoms with Gasteiger partial charge >= 0.3 is 0 Å². The first-order chi connectivity index (χ1) is 9.22. The van der Waals surface area contributed by atoms with Gasteiger partial charge in [0.15, 0.2) is 0 Å². The van der Waals surface area contributed by atoms with Crippen molar-refractivity contribution in [1.82, 2.24) is 4.90 Å². The number of methoxy groups -OCH3 is 1. The molecule has 0 aliphatic carbocycles. The van der Waals surface area contributed by atoms with Crippen LogP contribution in [0.4, 0.5) is 0 Å². The van der Waals surface area contributed by atoms with Gasteiger partial charge in [-0.25, -0.2) is 0 Å². The Hall–Kier alpha value is -1.06. The smallest absolute Gasteiger partial charge is 0.123 e. The van der Waals surface area contributed by atoms with E-state index >= 15 is 0 Å². The van der Waals surface area contributed by atoms with Gasteiger partial charge in [0.05, 0.1) is 7.11 Å². The number of rotatable bonds is 4. The Morgan fingerprint density at radius 2 is 2.16 bits per heavy atom. The lowest BCUT2D eigenvalue weighted by Crippen LogP contribution is -2.24. The minimum Gasteiger partial charge on any atom is -0.496 e. The van der Waals surface area contributed by atoms with E-state index in [-0.39, 0.29) is 0 Å². The van der Waals surface area contributed by atoms with Crippen molar-refractivity contribution < 1.29 is 4.74 Å². The Labute approximate surface area is 116 Å². The summed E-state index contributed by atoms with van der Waals surface area (Å²) >= 11 is 0. The van der Waals surface area contributed by atoms with Gasteiger partial charge in [-0.1, -0.05) is 13.0 Å². The maximum atomic E-state index is 5.73. The molecule has 3 heteroatoms. The Balaban J connectivity index is 2.08. The number of ether oxygens (including phenoxy) is 1. The summed E-state index contributed by atoms with van der Waals surface area (Å²) in [4.78, 5) is 2.54. The first-order valence-electron chi connectivity index (χ1n) is 7.31. The van der Waals surface area contributed by atoms with Crippen molar-refractivity contribution in [2.45, 2.75) is 39.3 Å². The summed E-state index contributed by atoms with van der Waals surface area (Å²) in [7, 11) is 1.74. The standard InChI is InChI=1S/C16H26N2O/c1-13-4-3-8-18(9-7-13)12-15-10-14(11-17)5-6-16(15)19-2/h5-6,10,13H,3-4,7-9,11-12,17H2,1-2H3. The van der Waals surface area contributed by atoms with Gasteiger partial charge in [0.2, 0.25) is 0 Å². The highest BCUT2D eigenvalue weighted by molar-refractivity contribution is 5.37. The largest absolute Gasteiger partial charge is 0.496 e. The zero-order chi connectivity index (χ0) is 13.7. The van der Waals surface area contributed by atoms with E-state index in [1.165, 1.54) is 43.5 Å². The fourth-order valence-corrected chi connectivity index (χ4v) is 2.80.